The van der Waals surface area contributed by atoms with Gasteiger partial charge >= 0.3 is 6.01 Å². The summed E-state index contributed by atoms with van der Waals surface area (Å²) in [7, 11) is 1.51. The monoisotopic (exact) mass is 263 g/mol. The molecule has 1 rings (SSSR count). The molecule has 1 unspecified atom stereocenters. The normalized spacial score (nSPS) is 12.2. The molecule has 0 spiro atoms. The van der Waals surface area contributed by atoms with Gasteiger partial charge in [0.15, 0.2) is 5.82 Å². The van der Waals surface area contributed by atoms with Crippen LogP contribution >= 0.6 is 23.2 Å². The smallest absolute Gasteiger partial charge is 0.318 e. The van der Waals surface area contributed by atoms with Gasteiger partial charge in [-0.25, -0.2) is 4.98 Å². The van der Waals surface area contributed by atoms with Gasteiger partial charge in [-0.2, -0.15) is 4.98 Å². The van der Waals surface area contributed by atoms with E-state index in [1.165, 1.54) is 13.3 Å². The summed E-state index contributed by atoms with van der Waals surface area (Å²) in [6.07, 6.45) is 3.32. The first kappa shape index (κ1) is 13.3. The highest BCUT2D eigenvalue weighted by Crippen LogP contribution is 2.20. The Balaban J connectivity index is 2.52. The number of nitrogens with one attached hydrogen (secondary N) is 1. The van der Waals surface area contributed by atoms with E-state index in [2.05, 4.69) is 22.2 Å². The van der Waals surface area contributed by atoms with Gasteiger partial charge in [0.1, 0.15) is 5.02 Å². The second kappa shape index (κ2) is 6.76. The van der Waals surface area contributed by atoms with E-state index < -0.39 is 0 Å². The third-order valence-electron chi connectivity index (χ3n) is 2.10. The van der Waals surface area contributed by atoms with Gasteiger partial charge in [-0.05, 0) is 12.8 Å². The second-order valence-electron chi connectivity index (χ2n) is 3.27. The number of alkyl halides is 1. The molecule has 1 heterocycles. The molecule has 1 atom stereocenters. The molecule has 0 aliphatic heterocycles. The molecule has 6 heteroatoms. The number of nitrogens with zero attached hydrogens (tertiary/aromatic N) is 2. The molecule has 0 fully saturated rings. The molecule has 16 heavy (non-hydrogen) atoms. The lowest BCUT2D eigenvalue weighted by molar-refractivity contribution is 0.380. The summed E-state index contributed by atoms with van der Waals surface area (Å²) in [4.78, 5) is 7.98. The molecule has 0 aliphatic rings. The first-order valence-electron chi connectivity index (χ1n) is 5.11. The maximum Gasteiger partial charge on any atom is 0.318 e. The highest BCUT2D eigenvalue weighted by Gasteiger charge is 2.06. The zero-order valence-corrected chi connectivity index (χ0v) is 10.8. The van der Waals surface area contributed by atoms with Crippen molar-refractivity contribution in [2.75, 3.05) is 19.0 Å². The maximum atomic E-state index is 6.00. The topological polar surface area (TPSA) is 47.0 Å². The van der Waals surface area contributed by atoms with Crippen LogP contribution in [0.25, 0.3) is 0 Å². The predicted molar refractivity (Wildman–Crippen MR) is 66.6 cm³/mol. The Morgan fingerprint density at radius 3 is 2.94 bits per heavy atom. The number of methoxy groups -OCH3 is 1. The standard InChI is InChI=1S/C10H15Cl2N3O/c1-3-7(11)4-5-13-9-8(12)6-14-10(15-9)16-2/h6-7H,3-5H2,1-2H3,(H,13,14,15). The second-order valence-corrected chi connectivity index (χ2v) is 4.30. The highest BCUT2D eigenvalue weighted by atomic mass is 35.5. The molecular formula is C10H15Cl2N3O. The average Bonchev–Trinajstić information content (AvgIpc) is 2.31. The fourth-order valence-electron chi connectivity index (χ4n) is 1.12. The SMILES string of the molecule is CCC(Cl)CCNc1nc(OC)ncc1Cl. The van der Waals surface area contributed by atoms with Crippen molar-refractivity contribution < 1.29 is 4.74 Å². The lowest BCUT2D eigenvalue weighted by Gasteiger charge is -2.10. The largest absolute Gasteiger partial charge is 0.467 e. The summed E-state index contributed by atoms with van der Waals surface area (Å²) in [5, 5.41) is 3.76. The van der Waals surface area contributed by atoms with Crippen LogP contribution in [-0.2, 0) is 0 Å². The summed E-state index contributed by atoms with van der Waals surface area (Å²) in [6.45, 7) is 2.78. The number of hydrogen-bond donors (Lipinski definition) is 1. The van der Waals surface area contributed by atoms with Crippen LogP contribution in [0.15, 0.2) is 6.20 Å². The Hall–Kier alpha value is -0.740. The van der Waals surface area contributed by atoms with Crippen LogP contribution in [0.3, 0.4) is 0 Å². The van der Waals surface area contributed by atoms with Gasteiger partial charge in [-0.1, -0.05) is 18.5 Å². The molecule has 4 nitrogen and oxygen atoms in total. The Morgan fingerprint density at radius 1 is 1.56 bits per heavy atom. The predicted octanol–water partition coefficient (Wildman–Crippen LogP) is 2.96. The van der Waals surface area contributed by atoms with E-state index >= 15 is 0 Å². The van der Waals surface area contributed by atoms with E-state index in [1.54, 1.807) is 0 Å². The van der Waals surface area contributed by atoms with Gasteiger partial charge in [0.25, 0.3) is 0 Å². The summed E-state index contributed by atoms with van der Waals surface area (Å²) in [5.74, 6) is 0.577. The third kappa shape index (κ3) is 4.02. The summed E-state index contributed by atoms with van der Waals surface area (Å²) in [6, 6.07) is 0.296. The lowest BCUT2D eigenvalue weighted by atomic mass is 10.2. The zero-order chi connectivity index (χ0) is 12.0. The molecule has 0 amide bonds. The molecule has 1 aromatic rings. The van der Waals surface area contributed by atoms with Crippen molar-refractivity contribution in [1.29, 1.82) is 0 Å². The Kier molecular flexibility index (Phi) is 5.63. The van der Waals surface area contributed by atoms with Crippen molar-refractivity contribution in [2.24, 2.45) is 0 Å². The van der Waals surface area contributed by atoms with E-state index in [0.29, 0.717) is 16.9 Å². The van der Waals surface area contributed by atoms with Gasteiger partial charge in [0.2, 0.25) is 0 Å². The Labute approximate surface area is 105 Å². The molecule has 0 aromatic carbocycles. The van der Waals surface area contributed by atoms with Crippen LogP contribution in [0.1, 0.15) is 19.8 Å². The molecule has 0 saturated carbocycles. The van der Waals surface area contributed by atoms with Crippen molar-refractivity contribution in [2.45, 2.75) is 25.1 Å². The first-order valence-corrected chi connectivity index (χ1v) is 5.93. The van der Waals surface area contributed by atoms with Crippen LogP contribution in [0.2, 0.25) is 5.02 Å². The van der Waals surface area contributed by atoms with Gasteiger partial charge in [-0.3, -0.25) is 0 Å². The minimum absolute atomic E-state index is 0.176. The van der Waals surface area contributed by atoms with Gasteiger partial charge in [0.05, 0.1) is 13.3 Å². The number of hydrogen-bond acceptors (Lipinski definition) is 4. The quantitative estimate of drug-likeness (QED) is 0.802. The third-order valence-corrected chi connectivity index (χ3v) is 2.90. The van der Waals surface area contributed by atoms with E-state index in [9.17, 15) is 0 Å². The van der Waals surface area contributed by atoms with Crippen LogP contribution < -0.4 is 10.1 Å². The van der Waals surface area contributed by atoms with E-state index in [0.717, 1.165) is 19.4 Å². The number of rotatable bonds is 6. The van der Waals surface area contributed by atoms with Crippen molar-refractivity contribution in [1.82, 2.24) is 9.97 Å². The molecule has 0 saturated heterocycles. The number of halogens is 2. The highest BCUT2D eigenvalue weighted by molar-refractivity contribution is 6.32. The minimum Gasteiger partial charge on any atom is -0.467 e. The number of aromatic nitrogens is 2. The summed E-state index contributed by atoms with van der Waals surface area (Å²) in [5.41, 5.74) is 0. The minimum atomic E-state index is 0.176. The lowest BCUT2D eigenvalue weighted by Crippen LogP contribution is -2.10. The molecule has 0 radical (unpaired) electrons. The van der Waals surface area contributed by atoms with E-state index in [4.69, 9.17) is 27.9 Å². The molecule has 1 N–H and O–H groups in total. The fourth-order valence-corrected chi connectivity index (χ4v) is 1.39. The van der Waals surface area contributed by atoms with Crippen LogP contribution in [0.5, 0.6) is 6.01 Å². The summed E-state index contributed by atoms with van der Waals surface area (Å²) < 4.78 is 4.91. The van der Waals surface area contributed by atoms with Crippen molar-refractivity contribution in [3.63, 3.8) is 0 Å². The average molecular weight is 264 g/mol. The fraction of sp³-hybridized carbons (Fsp3) is 0.600. The van der Waals surface area contributed by atoms with Crippen LogP contribution in [-0.4, -0.2) is 29.0 Å². The number of ether oxygens (including phenoxy) is 1. The van der Waals surface area contributed by atoms with Gasteiger partial charge < -0.3 is 10.1 Å². The molecule has 0 aliphatic carbocycles. The van der Waals surface area contributed by atoms with Gasteiger partial charge in [-0.15, -0.1) is 11.6 Å². The van der Waals surface area contributed by atoms with Crippen molar-refractivity contribution in [3.05, 3.63) is 11.2 Å². The Morgan fingerprint density at radius 2 is 2.31 bits per heavy atom. The zero-order valence-electron chi connectivity index (χ0n) is 9.33. The van der Waals surface area contributed by atoms with E-state index in [-0.39, 0.29) is 5.38 Å². The van der Waals surface area contributed by atoms with Crippen molar-refractivity contribution in [3.8, 4) is 6.01 Å². The van der Waals surface area contributed by atoms with Gasteiger partial charge in [0, 0.05) is 11.9 Å². The number of anilines is 1. The molecule has 90 valence electrons. The van der Waals surface area contributed by atoms with Crippen LogP contribution in [0.4, 0.5) is 5.82 Å². The summed E-state index contributed by atoms with van der Waals surface area (Å²) >= 11 is 11.9. The van der Waals surface area contributed by atoms with E-state index in [1.807, 2.05) is 0 Å². The Bertz CT molecular complexity index is 336. The maximum absolute atomic E-state index is 6.00. The molecular weight excluding hydrogens is 249 g/mol. The first-order chi connectivity index (χ1) is 7.67. The molecule has 0 bridgehead atoms. The van der Waals surface area contributed by atoms with Crippen LogP contribution in [0, 0.1) is 0 Å². The molecule has 1 aromatic heterocycles. The van der Waals surface area contributed by atoms with Crippen molar-refractivity contribution >= 4 is 29.0 Å².